The van der Waals surface area contributed by atoms with Gasteiger partial charge in [0.25, 0.3) is 0 Å². The van der Waals surface area contributed by atoms with Gasteiger partial charge in [-0.15, -0.1) is 0 Å². The van der Waals surface area contributed by atoms with Gasteiger partial charge >= 0.3 is 0 Å². The number of benzene rings is 3. The topological polar surface area (TPSA) is 24.8 Å². The predicted octanol–water partition coefficient (Wildman–Crippen LogP) is 5.59. The third kappa shape index (κ3) is 2.76. The maximum atomic E-state index is 6.54. The molecular weight excluding hydrogens is 400 g/mol. The average Bonchev–Trinajstić information content (AvgIpc) is 3.06. The van der Waals surface area contributed by atoms with Crippen LogP contribution in [0.1, 0.15) is 28.8 Å². The minimum absolute atomic E-state index is 0.0709. The molecule has 27 heavy (non-hydrogen) atoms. The maximum Gasteiger partial charge on any atom is 0.135 e. The first-order valence-corrected chi connectivity index (χ1v) is 9.89. The standard InChI is InChI=1S/C23H19BrN2O/c1-26-22(15-11-13-17(24)14-12-15)20-21(25-26)18-9-5-6-10-19(18)27-23(20)16-7-3-2-4-8-16/h2-14,20,22-23H,1H3. The van der Waals surface area contributed by atoms with Gasteiger partial charge in [-0.1, -0.05) is 70.5 Å². The highest BCUT2D eigenvalue weighted by Gasteiger charge is 2.47. The summed E-state index contributed by atoms with van der Waals surface area (Å²) in [6.45, 7) is 0. The van der Waals surface area contributed by atoms with Crippen molar-refractivity contribution in [1.29, 1.82) is 0 Å². The molecule has 0 aliphatic carbocycles. The highest BCUT2D eigenvalue weighted by molar-refractivity contribution is 9.10. The van der Waals surface area contributed by atoms with Crippen LogP contribution in [0.5, 0.6) is 5.75 Å². The fourth-order valence-electron chi connectivity index (χ4n) is 4.22. The molecule has 2 heterocycles. The van der Waals surface area contributed by atoms with Gasteiger partial charge in [-0.25, -0.2) is 0 Å². The lowest BCUT2D eigenvalue weighted by molar-refractivity contribution is 0.113. The molecule has 4 heteroatoms. The van der Waals surface area contributed by atoms with Crippen LogP contribution in [-0.4, -0.2) is 17.8 Å². The van der Waals surface area contributed by atoms with Crippen molar-refractivity contribution < 1.29 is 4.74 Å². The number of fused-ring (bicyclic) bond motifs is 3. The number of halogens is 1. The second-order valence-electron chi connectivity index (χ2n) is 7.03. The maximum absolute atomic E-state index is 6.54. The molecule has 0 spiro atoms. The second-order valence-corrected chi connectivity index (χ2v) is 7.94. The summed E-state index contributed by atoms with van der Waals surface area (Å²) in [5, 5.41) is 7.05. The predicted molar refractivity (Wildman–Crippen MR) is 111 cm³/mol. The first kappa shape index (κ1) is 16.6. The van der Waals surface area contributed by atoms with Crippen LogP contribution in [0.15, 0.2) is 88.4 Å². The van der Waals surface area contributed by atoms with Crippen molar-refractivity contribution in [3.05, 3.63) is 100 Å². The second kappa shape index (κ2) is 6.54. The highest BCUT2D eigenvalue weighted by Crippen LogP contribution is 2.49. The molecule has 5 rings (SSSR count). The Morgan fingerprint density at radius 2 is 1.56 bits per heavy atom. The van der Waals surface area contributed by atoms with Gasteiger partial charge in [-0.2, -0.15) is 5.10 Å². The summed E-state index contributed by atoms with van der Waals surface area (Å²) in [6.07, 6.45) is -0.0709. The van der Waals surface area contributed by atoms with E-state index in [1.165, 1.54) is 11.1 Å². The first-order chi connectivity index (χ1) is 13.2. The molecule has 0 amide bonds. The molecule has 3 aromatic carbocycles. The molecule has 2 aliphatic heterocycles. The molecule has 0 fully saturated rings. The van der Waals surface area contributed by atoms with E-state index >= 15 is 0 Å². The van der Waals surface area contributed by atoms with E-state index in [-0.39, 0.29) is 18.1 Å². The van der Waals surface area contributed by atoms with E-state index in [2.05, 4.69) is 88.7 Å². The Hall–Kier alpha value is -2.59. The van der Waals surface area contributed by atoms with E-state index < -0.39 is 0 Å². The molecule has 0 saturated heterocycles. The summed E-state index contributed by atoms with van der Waals surface area (Å²) in [5.41, 5.74) is 4.64. The van der Waals surface area contributed by atoms with E-state index in [9.17, 15) is 0 Å². The van der Waals surface area contributed by atoms with Crippen molar-refractivity contribution in [2.24, 2.45) is 11.0 Å². The number of para-hydroxylation sites is 1. The van der Waals surface area contributed by atoms with Crippen LogP contribution in [0, 0.1) is 5.92 Å². The molecule has 0 bridgehead atoms. The van der Waals surface area contributed by atoms with Crippen LogP contribution in [0.25, 0.3) is 0 Å². The van der Waals surface area contributed by atoms with Gasteiger partial charge in [0.1, 0.15) is 11.9 Å². The van der Waals surface area contributed by atoms with E-state index in [0.717, 1.165) is 21.5 Å². The van der Waals surface area contributed by atoms with Crippen LogP contribution >= 0.6 is 15.9 Å². The summed E-state index contributed by atoms with van der Waals surface area (Å²) in [5.74, 6) is 1.04. The van der Waals surface area contributed by atoms with Crippen molar-refractivity contribution in [2.45, 2.75) is 12.1 Å². The summed E-state index contributed by atoms with van der Waals surface area (Å²) < 4.78 is 7.62. The van der Waals surface area contributed by atoms with Crippen LogP contribution < -0.4 is 4.74 Å². The Labute approximate surface area is 167 Å². The Balaban J connectivity index is 1.66. The monoisotopic (exact) mass is 418 g/mol. The van der Waals surface area contributed by atoms with E-state index in [1.807, 2.05) is 18.2 Å². The molecule has 0 radical (unpaired) electrons. The smallest absolute Gasteiger partial charge is 0.135 e. The summed E-state index contributed by atoms with van der Waals surface area (Å²) in [7, 11) is 2.06. The normalized spacial score (nSPS) is 23.3. The van der Waals surface area contributed by atoms with Gasteiger partial charge in [-0.3, -0.25) is 5.01 Å². The number of rotatable bonds is 2. The fraction of sp³-hybridized carbons (Fsp3) is 0.174. The lowest BCUT2D eigenvalue weighted by Gasteiger charge is -2.36. The number of hydrogen-bond donors (Lipinski definition) is 0. The van der Waals surface area contributed by atoms with Gasteiger partial charge in [0.2, 0.25) is 0 Å². The first-order valence-electron chi connectivity index (χ1n) is 9.10. The zero-order valence-corrected chi connectivity index (χ0v) is 16.5. The summed E-state index contributed by atoms with van der Waals surface area (Å²) in [6, 6.07) is 27.4. The van der Waals surface area contributed by atoms with Gasteiger partial charge in [-0.05, 0) is 35.4 Å². The molecule has 0 aromatic heterocycles. The SMILES string of the molecule is CN1N=C2c3ccccc3OC(c3ccccc3)C2C1c1ccc(Br)cc1. The number of hydrogen-bond acceptors (Lipinski definition) is 3. The lowest BCUT2D eigenvalue weighted by Crippen LogP contribution is -2.35. The zero-order chi connectivity index (χ0) is 18.4. The molecule has 0 N–H and O–H groups in total. The van der Waals surface area contributed by atoms with Crippen LogP contribution in [0.4, 0.5) is 0 Å². The Morgan fingerprint density at radius 3 is 2.33 bits per heavy atom. The summed E-state index contributed by atoms with van der Waals surface area (Å²) in [4.78, 5) is 0. The third-order valence-corrected chi connectivity index (χ3v) is 5.94. The highest BCUT2D eigenvalue weighted by atomic mass is 79.9. The van der Waals surface area contributed by atoms with Crippen molar-refractivity contribution in [3.63, 3.8) is 0 Å². The average molecular weight is 419 g/mol. The van der Waals surface area contributed by atoms with Crippen molar-refractivity contribution >= 4 is 21.6 Å². The van der Waals surface area contributed by atoms with Gasteiger partial charge in [0.05, 0.1) is 17.7 Å². The molecule has 134 valence electrons. The minimum atomic E-state index is -0.0709. The minimum Gasteiger partial charge on any atom is -0.484 e. The molecule has 3 unspecified atom stereocenters. The van der Waals surface area contributed by atoms with E-state index in [4.69, 9.17) is 9.84 Å². The lowest BCUT2D eigenvalue weighted by atomic mass is 9.79. The van der Waals surface area contributed by atoms with Crippen LogP contribution in [0.2, 0.25) is 0 Å². The Morgan fingerprint density at radius 1 is 0.852 bits per heavy atom. The van der Waals surface area contributed by atoms with Gasteiger partial charge in [0.15, 0.2) is 0 Å². The number of ether oxygens (including phenoxy) is 1. The largest absolute Gasteiger partial charge is 0.484 e. The summed E-state index contributed by atoms with van der Waals surface area (Å²) >= 11 is 3.54. The van der Waals surface area contributed by atoms with E-state index in [0.29, 0.717) is 0 Å². The number of nitrogens with zero attached hydrogens (tertiary/aromatic N) is 2. The number of hydrazone groups is 1. The van der Waals surface area contributed by atoms with Gasteiger partial charge < -0.3 is 4.74 Å². The quantitative estimate of drug-likeness (QED) is 0.541. The van der Waals surface area contributed by atoms with Gasteiger partial charge in [0, 0.05) is 17.1 Å². The molecular formula is C23H19BrN2O. The van der Waals surface area contributed by atoms with E-state index in [1.54, 1.807) is 0 Å². The molecule has 3 atom stereocenters. The van der Waals surface area contributed by atoms with Crippen LogP contribution in [-0.2, 0) is 0 Å². The van der Waals surface area contributed by atoms with Crippen molar-refractivity contribution in [2.75, 3.05) is 7.05 Å². The zero-order valence-electron chi connectivity index (χ0n) is 14.9. The Kier molecular flexibility index (Phi) is 4.01. The van der Waals surface area contributed by atoms with Crippen molar-refractivity contribution in [3.8, 4) is 5.75 Å². The Bertz CT molecular complexity index is 1000. The molecule has 3 nitrogen and oxygen atoms in total. The molecule has 3 aromatic rings. The van der Waals surface area contributed by atoms with Crippen LogP contribution in [0.3, 0.4) is 0 Å². The molecule has 2 aliphatic rings. The molecule has 0 saturated carbocycles. The third-order valence-electron chi connectivity index (χ3n) is 5.41. The van der Waals surface area contributed by atoms with Crippen molar-refractivity contribution in [1.82, 2.24) is 5.01 Å². The fourth-order valence-corrected chi connectivity index (χ4v) is 4.48.